The van der Waals surface area contributed by atoms with Crippen molar-refractivity contribution in [3.05, 3.63) is 24.3 Å². The summed E-state index contributed by atoms with van der Waals surface area (Å²) in [6, 6.07) is 5.76. The molecule has 1 aliphatic rings. The maximum absolute atomic E-state index is 11.7. The lowest BCUT2D eigenvalue weighted by molar-refractivity contribution is 0.122. The van der Waals surface area contributed by atoms with Gasteiger partial charge < -0.3 is 15.4 Å². The minimum Gasteiger partial charge on any atom is -0.381 e. The smallest absolute Gasteiger partial charge is 0.319 e. The first kappa shape index (κ1) is 16.8. The first-order chi connectivity index (χ1) is 10.4. The Labute approximate surface area is 131 Å². The number of nitrogens with one attached hydrogen (secondary N) is 2. The van der Waals surface area contributed by atoms with Gasteiger partial charge in [-0.1, -0.05) is 0 Å². The van der Waals surface area contributed by atoms with Crippen LogP contribution < -0.4 is 10.6 Å². The van der Waals surface area contributed by atoms with E-state index in [-0.39, 0.29) is 10.9 Å². The molecule has 1 aromatic carbocycles. The van der Waals surface area contributed by atoms with Crippen molar-refractivity contribution in [1.82, 2.24) is 5.32 Å². The SMILES string of the molecule is CS(=O)(=O)c1ccc(NC(=O)NCCCOCC2CC2)cc1. The summed E-state index contributed by atoms with van der Waals surface area (Å²) in [7, 11) is -3.22. The van der Waals surface area contributed by atoms with Crippen LogP contribution in [0.3, 0.4) is 0 Å². The third-order valence-corrected chi connectivity index (χ3v) is 4.47. The number of carbonyl (C=O) groups excluding carboxylic acids is 1. The minimum atomic E-state index is -3.22. The lowest BCUT2D eigenvalue weighted by atomic mass is 10.3. The average Bonchev–Trinajstić information content (AvgIpc) is 3.26. The van der Waals surface area contributed by atoms with Gasteiger partial charge in [0.05, 0.1) is 4.90 Å². The van der Waals surface area contributed by atoms with Crippen molar-refractivity contribution in [1.29, 1.82) is 0 Å². The van der Waals surface area contributed by atoms with Gasteiger partial charge in [0.1, 0.15) is 0 Å². The highest BCUT2D eigenvalue weighted by molar-refractivity contribution is 7.90. The van der Waals surface area contributed by atoms with Gasteiger partial charge in [-0.15, -0.1) is 0 Å². The van der Waals surface area contributed by atoms with Crippen molar-refractivity contribution in [2.75, 3.05) is 31.3 Å². The molecule has 122 valence electrons. The fourth-order valence-electron chi connectivity index (χ4n) is 1.87. The highest BCUT2D eigenvalue weighted by Gasteiger charge is 2.20. The second kappa shape index (κ2) is 7.60. The Balaban J connectivity index is 1.63. The van der Waals surface area contributed by atoms with Gasteiger partial charge in [0, 0.05) is 31.7 Å². The summed E-state index contributed by atoms with van der Waals surface area (Å²) in [5.74, 6) is 0.756. The first-order valence-corrected chi connectivity index (χ1v) is 9.27. The van der Waals surface area contributed by atoms with Crippen LogP contribution in [-0.2, 0) is 14.6 Å². The molecular formula is C15H22N2O4S. The van der Waals surface area contributed by atoms with Gasteiger partial charge in [-0.2, -0.15) is 0 Å². The van der Waals surface area contributed by atoms with Gasteiger partial charge in [-0.25, -0.2) is 13.2 Å². The Bertz CT molecular complexity index is 594. The molecule has 2 N–H and O–H groups in total. The van der Waals surface area contributed by atoms with Crippen molar-refractivity contribution in [3.63, 3.8) is 0 Å². The molecule has 2 amide bonds. The number of urea groups is 1. The number of rotatable bonds is 8. The average molecular weight is 326 g/mol. The number of anilines is 1. The molecule has 2 rings (SSSR count). The second-order valence-corrected chi connectivity index (χ2v) is 7.57. The number of ether oxygens (including phenoxy) is 1. The standard InChI is InChI=1S/C15H22N2O4S/c1-22(19,20)14-7-5-13(6-8-14)17-15(18)16-9-2-10-21-11-12-3-4-12/h5-8,12H,2-4,9-11H2,1H3,(H2,16,17,18). The molecule has 22 heavy (non-hydrogen) atoms. The van der Waals surface area contributed by atoms with Crippen molar-refractivity contribution in [2.45, 2.75) is 24.2 Å². The van der Waals surface area contributed by atoms with E-state index < -0.39 is 9.84 Å². The van der Waals surface area contributed by atoms with Gasteiger partial charge in [-0.3, -0.25) is 0 Å². The molecule has 0 aromatic heterocycles. The molecule has 0 bridgehead atoms. The molecule has 0 aliphatic heterocycles. The van der Waals surface area contributed by atoms with Gasteiger partial charge in [0.2, 0.25) is 0 Å². The van der Waals surface area contributed by atoms with Crippen molar-refractivity contribution in [3.8, 4) is 0 Å². The van der Waals surface area contributed by atoms with Crippen molar-refractivity contribution < 1.29 is 17.9 Å². The van der Waals surface area contributed by atoms with Gasteiger partial charge in [0.15, 0.2) is 9.84 Å². The normalized spacial score (nSPS) is 14.6. The number of sulfone groups is 1. The van der Waals surface area contributed by atoms with E-state index in [4.69, 9.17) is 4.74 Å². The zero-order chi connectivity index (χ0) is 16.0. The van der Waals surface area contributed by atoms with Crippen LogP contribution >= 0.6 is 0 Å². The number of carbonyl (C=O) groups is 1. The van der Waals surface area contributed by atoms with E-state index in [1.807, 2.05) is 0 Å². The highest BCUT2D eigenvalue weighted by Crippen LogP contribution is 2.28. The maximum Gasteiger partial charge on any atom is 0.319 e. The predicted octanol–water partition coefficient (Wildman–Crippen LogP) is 2.03. The van der Waals surface area contributed by atoms with Crippen LogP contribution in [0.4, 0.5) is 10.5 Å². The molecule has 1 aromatic rings. The number of amides is 2. The fraction of sp³-hybridized carbons (Fsp3) is 0.533. The Morgan fingerprint density at radius 3 is 2.55 bits per heavy atom. The topological polar surface area (TPSA) is 84.5 Å². The van der Waals surface area contributed by atoms with E-state index in [1.54, 1.807) is 12.1 Å². The third-order valence-electron chi connectivity index (χ3n) is 3.34. The number of hydrogen-bond donors (Lipinski definition) is 2. The Kier molecular flexibility index (Phi) is 5.79. The van der Waals surface area contributed by atoms with Gasteiger partial charge in [-0.05, 0) is 49.4 Å². The van der Waals surface area contributed by atoms with Crippen molar-refractivity contribution >= 4 is 21.6 Å². The molecule has 1 saturated carbocycles. The second-order valence-electron chi connectivity index (χ2n) is 5.55. The first-order valence-electron chi connectivity index (χ1n) is 7.38. The molecule has 0 saturated heterocycles. The summed E-state index contributed by atoms with van der Waals surface area (Å²) in [6.07, 6.45) is 4.47. The van der Waals surface area contributed by atoms with Crippen molar-refractivity contribution in [2.24, 2.45) is 5.92 Å². The molecule has 1 fully saturated rings. The summed E-state index contributed by atoms with van der Waals surface area (Å²) in [4.78, 5) is 11.9. The molecule has 0 radical (unpaired) electrons. The van der Waals surface area contributed by atoms with Crippen LogP contribution in [0.2, 0.25) is 0 Å². The summed E-state index contributed by atoms with van der Waals surface area (Å²) in [5.41, 5.74) is 0.551. The fourth-order valence-corrected chi connectivity index (χ4v) is 2.50. The maximum atomic E-state index is 11.7. The third kappa shape index (κ3) is 6.03. The van der Waals surface area contributed by atoms with Crippen LogP contribution in [0, 0.1) is 5.92 Å². The zero-order valence-corrected chi connectivity index (χ0v) is 13.5. The minimum absolute atomic E-state index is 0.228. The van der Waals surface area contributed by atoms with Gasteiger partial charge >= 0.3 is 6.03 Å². The van der Waals surface area contributed by atoms with Crippen LogP contribution in [-0.4, -0.2) is 40.5 Å². The Morgan fingerprint density at radius 2 is 1.95 bits per heavy atom. The molecular weight excluding hydrogens is 304 g/mol. The van der Waals surface area contributed by atoms with Crippen LogP contribution in [0.25, 0.3) is 0 Å². The summed E-state index contributed by atoms with van der Waals surface area (Å²) >= 11 is 0. The van der Waals surface area contributed by atoms with Crippen LogP contribution in [0.15, 0.2) is 29.2 Å². The summed E-state index contributed by atoms with van der Waals surface area (Å²) in [5, 5.41) is 5.39. The largest absolute Gasteiger partial charge is 0.381 e. The molecule has 6 nitrogen and oxygen atoms in total. The zero-order valence-electron chi connectivity index (χ0n) is 12.7. The summed E-state index contributed by atoms with van der Waals surface area (Å²) in [6.45, 7) is 2.02. The van der Waals surface area contributed by atoms with E-state index in [1.165, 1.54) is 25.0 Å². The molecule has 1 aliphatic carbocycles. The predicted molar refractivity (Wildman–Crippen MR) is 84.7 cm³/mol. The molecule has 7 heteroatoms. The van der Waals surface area contributed by atoms with E-state index in [9.17, 15) is 13.2 Å². The van der Waals surface area contributed by atoms with E-state index in [2.05, 4.69) is 10.6 Å². The van der Waals surface area contributed by atoms with Crippen LogP contribution in [0.5, 0.6) is 0 Å². The quantitative estimate of drug-likeness (QED) is 0.716. The molecule has 0 atom stereocenters. The van der Waals surface area contributed by atoms with Crippen LogP contribution in [0.1, 0.15) is 19.3 Å². The molecule has 0 spiro atoms. The Morgan fingerprint density at radius 1 is 1.27 bits per heavy atom. The van der Waals surface area contributed by atoms with E-state index >= 15 is 0 Å². The lowest BCUT2D eigenvalue weighted by Crippen LogP contribution is -2.30. The molecule has 0 unspecified atom stereocenters. The van der Waals surface area contributed by atoms with E-state index in [0.717, 1.165) is 25.2 Å². The molecule has 0 heterocycles. The monoisotopic (exact) mass is 326 g/mol. The summed E-state index contributed by atoms with van der Waals surface area (Å²) < 4.78 is 28.1. The number of hydrogen-bond acceptors (Lipinski definition) is 4. The van der Waals surface area contributed by atoms with E-state index in [0.29, 0.717) is 18.8 Å². The highest BCUT2D eigenvalue weighted by atomic mass is 32.2. The van der Waals surface area contributed by atoms with Gasteiger partial charge in [0.25, 0.3) is 0 Å². The number of benzene rings is 1. The lowest BCUT2D eigenvalue weighted by Gasteiger charge is -2.08. The Hall–Kier alpha value is -1.60.